The van der Waals surface area contributed by atoms with Crippen LogP contribution in [0.15, 0.2) is 47.8 Å². The molecule has 5 nitrogen and oxygen atoms in total. The summed E-state index contributed by atoms with van der Waals surface area (Å²) in [6, 6.07) is 13.0. The largest absolute Gasteiger partial charge is 0.373 e. The fourth-order valence-electron chi connectivity index (χ4n) is 2.42. The summed E-state index contributed by atoms with van der Waals surface area (Å²) in [5.41, 5.74) is 1.10. The molecule has 0 bridgehead atoms. The molecule has 0 spiro atoms. The Bertz CT molecular complexity index is 671. The Balaban J connectivity index is 1.85. The molecule has 2 aromatic rings. The lowest BCUT2D eigenvalue weighted by molar-refractivity contribution is -0.123. The Morgan fingerprint density at radius 2 is 1.84 bits per heavy atom. The van der Waals surface area contributed by atoms with E-state index >= 15 is 0 Å². The van der Waals surface area contributed by atoms with Crippen molar-refractivity contribution in [3.05, 3.63) is 52.7 Å². The molecule has 0 radical (unpaired) electrons. The minimum absolute atomic E-state index is 0.00997. The number of nitrogens with zero attached hydrogens (tertiary/aromatic N) is 1. The molecule has 0 aliphatic heterocycles. The highest BCUT2D eigenvalue weighted by Crippen LogP contribution is 2.11. The molecule has 0 aliphatic rings. The van der Waals surface area contributed by atoms with E-state index in [9.17, 15) is 9.59 Å². The van der Waals surface area contributed by atoms with Crippen molar-refractivity contribution in [1.29, 1.82) is 0 Å². The fourth-order valence-corrected chi connectivity index (χ4v) is 3.05. The highest BCUT2D eigenvalue weighted by atomic mass is 32.1. The van der Waals surface area contributed by atoms with Gasteiger partial charge in [0.15, 0.2) is 0 Å². The Morgan fingerprint density at radius 3 is 2.44 bits per heavy atom. The van der Waals surface area contributed by atoms with Crippen LogP contribution in [0.3, 0.4) is 0 Å². The van der Waals surface area contributed by atoms with E-state index in [1.807, 2.05) is 62.7 Å². The van der Waals surface area contributed by atoms with Crippen LogP contribution >= 0.6 is 11.3 Å². The summed E-state index contributed by atoms with van der Waals surface area (Å²) >= 11 is 1.37. The maximum absolute atomic E-state index is 12.5. The number of rotatable bonds is 8. The number of amides is 2. The van der Waals surface area contributed by atoms with Crippen molar-refractivity contribution >= 4 is 28.8 Å². The molecule has 1 heterocycles. The van der Waals surface area contributed by atoms with Crippen LogP contribution in [0.25, 0.3) is 0 Å². The molecule has 1 atom stereocenters. The number of carbonyl (C=O) groups excluding carboxylic acids is 2. The number of benzene rings is 1. The zero-order valence-corrected chi connectivity index (χ0v) is 15.7. The van der Waals surface area contributed by atoms with Crippen LogP contribution in [0.5, 0.6) is 0 Å². The van der Waals surface area contributed by atoms with Crippen LogP contribution in [-0.2, 0) is 4.79 Å². The van der Waals surface area contributed by atoms with E-state index in [0.29, 0.717) is 18.0 Å². The predicted octanol–water partition coefficient (Wildman–Crippen LogP) is 2.76. The number of carbonyl (C=O) groups is 2. The van der Waals surface area contributed by atoms with Gasteiger partial charge in [-0.15, -0.1) is 11.3 Å². The van der Waals surface area contributed by atoms with Crippen LogP contribution in [0.1, 0.15) is 23.5 Å². The van der Waals surface area contributed by atoms with Gasteiger partial charge in [0, 0.05) is 25.8 Å². The van der Waals surface area contributed by atoms with Crippen molar-refractivity contribution in [2.75, 3.05) is 25.0 Å². The Hall–Kier alpha value is -2.34. The van der Waals surface area contributed by atoms with Crippen molar-refractivity contribution in [2.45, 2.75) is 19.9 Å². The minimum atomic E-state index is -0.545. The van der Waals surface area contributed by atoms with Crippen molar-refractivity contribution in [2.24, 2.45) is 5.92 Å². The van der Waals surface area contributed by atoms with Gasteiger partial charge in [-0.3, -0.25) is 9.59 Å². The second-order valence-electron chi connectivity index (χ2n) is 6.22. The van der Waals surface area contributed by atoms with Gasteiger partial charge in [-0.2, -0.15) is 0 Å². The number of hydrogen-bond acceptors (Lipinski definition) is 4. The Morgan fingerprint density at radius 1 is 1.12 bits per heavy atom. The summed E-state index contributed by atoms with van der Waals surface area (Å²) in [4.78, 5) is 27.4. The lowest BCUT2D eigenvalue weighted by atomic mass is 10.0. The molecule has 2 N–H and O–H groups in total. The molecule has 0 aliphatic carbocycles. The summed E-state index contributed by atoms with van der Waals surface area (Å²) in [5.74, 6) is -0.345. The zero-order chi connectivity index (χ0) is 18.2. The van der Waals surface area contributed by atoms with Crippen LogP contribution in [0, 0.1) is 5.92 Å². The summed E-state index contributed by atoms with van der Waals surface area (Å²) in [6.07, 6.45) is 0. The van der Waals surface area contributed by atoms with Gasteiger partial charge >= 0.3 is 0 Å². The van der Waals surface area contributed by atoms with Crippen LogP contribution in [-0.4, -0.2) is 38.0 Å². The van der Waals surface area contributed by atoms with Crippen molar-refractivity contribution in [1.82, 2.24) is 10.6 Å². The first-order valence-corrected chi connectivity index (χ1v) is 9.25. The fraction of sp³-hybridized carbons (Fsp3) is 0.368. The van der Waals surface area contributed by atoms with E-state index < -0.39 is 6.04 Å². The Labute approximate surface area is 153 Å². The standard InChI is InChI=1S/C19H25N3O2S/c1-14(2)17(21-18(23)16-10-7-13-25-16)19(24)20-11-12-22(3)15-8-5-4-6-9-15/h4-10,13-14,17H,11-12H2,1-3H3,(H,20,24)(H,21,23). The van der Waals surface area contributed by atoms with Gasteiger partial charge in [-0.05, 0) is 29.5 Å². The van der Waals surface area contributed by atoms with E-state index in [1.165, 1.54) is 11.3 Å². The molecule has 0 fully saturated rings. The van der Waals surface area contributed by atoms with E-state index in [-0.39, 0.29) is 17.7 Å². The molecule has 1 aromatic heterocycles. The molecule has 1 aromatic carbocycles. The number of nitrogens with one attached hydrogen (secondary N) is 2. The number of likely N-dealkylation sites (N-methyl/N-ethyl adjacent to an activating group) is 1. The topological polar surface area (TPSA) is 61.4 Å². The third-order valence-electron chi connectivity index (χ3n) is 3.92. The summed E-state index contributed by atoms with van der Waals surface area (Å²) < 4.78 is 0. The zero-order valence-electron chi connectivity index (χ0n) is 14.9. The molecule has 2 amide bonds. The van der Waals surface area contributed by atoms with Crippen LogP contribution in [0.4, 0.5) is 5.69 Å². The lowest BCUT2D eigenvalue weighted by Gasteiger charge is -2.23. The first kappa shape index (κ1) is 19.0. The monoisotopic (exact) mass is 359 g/mol. The maximum atomic E-state index is 12.5. The predicted molar refractivity (Wildman–Crippen MR) is 103 cm³/mol. The molecule has 134 valence electrons. The van der Waals surface area contributed by atoms with Gasteiger partial charge < -0.3 is 15.5 Å². The average molecular weight is 359 g/mol. The summed E-state index contributed by atoms with van der Waals surface area (Å²) in [6.45, 7) is 5.06. The highest BCUT2D eigenvalue weighted by Gasteiger charge is 2.24. The van der Waals surface area contributed by atoms with Gasteiger partial charge in [0.1, 0.15) is 6.04 Å². The molecule has 1 unspecified atom stereocenters. The van der Waals surface area contributed by atoms with Crippen molar-refractivity contribution in [3.63, 3.8) is 0 Å². The molecule has 25 heavy (non-hydrogen) atoms. The molecule has 0 saturated heterocycles. The molecular weight excluding hydrogens is 334 g/mol. The molecule has 0 saturated carbocycles. The number of para-hydroxylation sites is 1. The van der Waals surface area contributed by atoms with Crippen LogP contribution in [0.2, 0.25) is 0 Å². The Kier molecular flexibility index (Phi) is 7.01. The van der Waals surface area contributed by atoms with E-state index in [2.05, 4.69) is 15.5 Å². The van der Waals surface area contributed by atoms with Crippen molar-refractivity contribution in [3.8, 4) is 0 Å². The number of thiophene rings is 1. The van der Waals surface area contributed by atoms with Crippen molar-refractivity contribution < 1.29 is 9.59 Å². The summed E-state index contributed by atoms with van der Waals surface area (Å²) in [7, 11) is 1.99. The second-order valence-corrected chi connectivity index (χ2v) is 7.17. The van der Waals surface area contributed by atoms with Gasteiger partial charge in [0.25, 0.3) is 5.91 Å². The third kappa shape index (κ3) is 5.60. The van der Waals surface area contributed by atoms with Gasteiger partial charge in [-0.1, -0.05) is 38.1 Å². The first-order valence-electron chi connectivity index (χ1n) is 8.37. The van der Waals surface area contributed by atoms with E-state index in [0.717, 1.165) is 5.69 Å². The normalized spacial score (nSPS) is 11.8. The SMILES string of the molecule is CC(C)C(NC(=O)c1cccs1)C(=O)NCCN(C)c1ccccc1. The highest BCUT2D eigenvalue weighted by molar-refractivity contribution is 7.12. The van der Waals surface area contributed by atoms with E-state index in [4.69, 9.17) is 0 Å². The number of anilines is 1. The third-order valence-corrected chi connectivity index (χ3v) is 4.79. The molecule has 6 heteroatoms. The van der Waals surface area contributed by atoms with Gasteiger partial charge in [0.2, 0.25) is 5.91 Å². The summed E-state index contributed by atoms with van der Waals surface area (Å²) in [5, 5.41) is 7.60. The van der Waals surface area contributed by atoms with Gasteiger partial charge in [-0.25, -0.2) is 0 Å². The van der Waals surface area contributed by atoms with Crippen LogP contribution < -0.4 is 15.5 Å². The molecular formula is C19H25N3O2S. The maximum Gasteiger partial charge on any atom is 0.262 e. The average Bonchev–Trinajstić information content (AvgIpc) is 3.14. The number of hydrogen-bond donors (Lipinski definition) is 2. The smallest absolute Gasteiger partial charge is 0.262 e. The second kappa shape index (κ2) is 9.22. The first-order chi connectivity index (χ1) is 12.0. The lowest BCUT2D eigenvalue weighted by Crippen LogP contribution is -2.50. The minimum Gasteiger partial charge on any atom is -0.373 e. The van der Waals surface area contributed by atoms with E-state index in [1.54, 1.807) is 6.07 Å². The van der Waals surface area contributed by atoms with Gasteiger partial charge in [0.05, 0.1) is 4.88 Å². The quantitative estimate of drug-likeness (QED) is 0.762. The molecule has 2 rings (SSSR count).